The average Bonchev–Trinajstić information content (AvgIpc) is 2.74. The fraction of sp³-hybridized carbons (Fsp3) is 0.125. The van der Waals surface area contributed by atoms with Gasteiger partial charge in [-0.15, -0.1) is 0 Å². The molecule has 5 heteroatoms. The number of hydrogen-bond donors (Lipinski definition) is 1. The number of anilines is 1. The van der Waals surface area contributed by atoms with Gasteiger partial charge in [0.25, 0.3) is 5.91 Å². The van der Waals surface area contributed by atoms with Crippen molar-refractivity contribution in [1.29, 1.82) is 0 Å². The fourth-order valence-electron chi connectivity index (χ4n) is 3.12. The van der Waals surface area contributed by atoms with Crippen LogP contribution in [0.4, 0.5) is 5.69 Å². The largest absolute Gasteiger partial charge is 0.477 e. The Kier molecular flexibility index (Phi) is 2.19. The van der Waals surface area contributed by atoms with Gasteiger partial charge in [-0.1, -0.05) is 24.3 Å². The van der Waals surface area contributed by atoms with Crippen molar-refractivity contribution in [2.75, 3.05) is 4.90 Å². The lowest BCUT2D eigenvalue weighted by Gasteiger charge is -2.36. The van der Waals surface area contributed by atoms with E-state index >= 15 is 0 Å². The number of benzene rings is 1. The molecule has 0 saturated carbocycles. The van der Waals surface area contributed by atoms with E-state index in [1.165, 1.54) is 4.90 Å². The topological polar surface area (TPSA) is 66.8 Å². The second-order valence-electron chi connectivity index (χ2n) is 5.17. The molecule has 1 aromatic carbocycles. The van der Waals surface area contributed by atoms with Crippen LogP contribution in [0, 0.1) is 6.92 Å². The number of para-hydroxylation sites is 1. The van der Waals surface area contributed by atoms with E-state index < -0.39 is 17.9 Å². The molecule has 0 aromatic heterocycles. The van der Waals surface area contributed by atoms with E-state index in [2.05, 4.69) is 0 Å². The number of rotatable bonds is 1. The number of carbonyl (C=O) groups is 2. The van der Waals surface area contributed by atoms with Gasteiger partial charge in [-0.25, -0.2) is 4.79 Å². The van der Waals surface area contributed by atoms with Crippen molar-refractivity contribution >= 4 is 17.6 Å². The molecule has 0 fully saturated rings. The van der Waals surface area contributed by atoms with Crippen molar-refractivity contribution in [3.8, 4) is 5.75 Å². The van der Waals surface area contributed by atoms with Crippen LogP contribution in [0.2, 0.25) is 0 Å². The number of nitrogens with zero attached hydrogens (tertiary/aromatic N) is 1. The highest BCUT2D eigenvalue weighted by Crippen LogP contribution is 2.47. The van der Waals surface area contributed by atoms with Crippen LogP contribution in [0.5, 0.6) is 5.75 Å². The molecule has 1 unspecified atom stereocenters. The zero-order valence-electron chi connectivity index (χ0n) is 11.2. The quantitative estimate of drug-likeness (QED) is 0.799. The maximum absolute atomic E-state index is 12.6. The summed E-state index contributed by atoms with van der Waals surface area (Å²) in [5.41, 5.74) is 1.83. The molecule has 21 heavy (non-hydrogen) atoms. The Hall–Kier alpha value is -2.82. The predicted molar refractivity (Wildman–Crippen MR) is 75.0 cm³/mol. The van der Waals surface area contributed by atoms with E-state index in [0.29, 0.717) is 22.8 Å². The summed E-state index contributed by atoms with van der Waals surface area (Å²) in [5, 5.41) is 9.36. The summed E-state index contributed by atoms with van der Waals surface area (Å²) in [6.45, 7) is 1.88. The van der Waals surface area contributed by atoms with E-state index in [0.717, 1.165) is 5.56 Å². The highest BCUT2D eigenvalue weighted by molar-refractivity contribution is 6.26. The second kappa shape index (κ2) is 3.85. The molecule has 2 aliphatic heterocycles. The number of aliphatic carboxylic acids is 1. The first-order chi connectivity index (χ1) is 10.1. The Labute approximate surface area is 120 Å². The van der Waals surface area contributed by atoms with E-state index in [1.807, 2.05) is 19.1 Å². The molecular formula is C16H11NO4. The van der Waals surface area contributed by atoms with Gasteiger partial charge >= 0.3 is 5.97 Å². The molecule has 3 aliphatic rings. The summed E-state index contributed by atoms with van der Waals surface area (Å²) in [6, 6.07) is 5.04. The van der Waals surface area contributed by atoms with Crippen molar-refractivity contribution in [3.63, 3.8) is 0 Å². The van der Waals surface area contributed by atoms with Crippen molar-refractivity contribution in [2.45, 2.75) is 13.0 Å². The lowest BCUT2D eigenvalue weighted by Crippen LogP contribution is -2.42. The van der Waals surface area contributed by atoms with E-state index in [4.69, 9.17) is 4.74 Å². The van der Waals surface area contributed by atoms with Crippen molar-refractivity contribution in [2.24, 2.45) is 0 Å². The smallest absolute Gasteiger partial charge is 0.341 e. The third-order valence-electron chi connectivity index (χ3n) is 3.96. The molecule has 0 saturated heterocycles. The highest BCUT2D eigenvalue weighted by atomic mass is 16.5. The van der Waals surface area contributed by atoms with Gasteiger partial charge < -0.3 is 9.84 Å². The van der Waals surface area contributed by atoms with Gasteiger partial charge in [-0.05, 0) is 24.6 Å². The zero-order chi connectivity index (χ0) is 14.7. The van der Waals surface area contributed by atoms with Crippen LogP contribution in [-0.4, -0.2) is 23.0 Å². The minimum absolute atomic E-state index is 0.179. The SMILES string of the molecule is Cc1cccc2c1N1C(=O)C(C(=O)O)=C3C=CC=C(O2)C31. The normalized spacial score (nSPS) is 21.8. The third kappa shape index (κ3) is 1.40. The first-order valence-corrected chi connectivity index (χ1v) is 6.56. The third-order valence-corrected chi connectivity index (χ3v) is 3.96. The van der Waals surface area contributed by atoms with E-state index in [-0.39, 0.29) is 5.57 Å². The number of carbonyl (C=O) groups excluding carboxylic acids is 1. The number of aryl methyl sites for hydroxylation is 1. The van der Waals surface area contributed by atoms with Crippen molar-refractivity contribution < 1.29 is 19.4 Å². The van der Waals surface area contributed by atoms with Crippen molar-refractivity contribution in [1.82, 2.24) is 0 Å². The molecule has 1 aromatic rings. The van der Waals surface area contributed by atoms with Crippen LogP contribution < -0.4 is 9.64 Å². The average molecular weight is 281 g/mol. The van der Waals surface area contributed by atoms with Crippen LogP contribution in [0.3, 0.4) is 0 Å². The molecule has 0 spiro atoms. The summed E-state index contributed by atoms with van der Waals surface area (Å²) in [6.07, 6.45) is 5.15. The van der Waals surface area contributed by atoms with Crippen LogP contribution in [0.15, 0.2) is 53.3 Å². The summed E-state index contributed by atoms with van der Waals surface area (Å²) >= 11 is 0. The molecular weight excluding hydrogens is 270 g/mol. The molecule has 1 amide bonds. The molecule has 1 N–H and O–H groups in total. The molecule has 4 rings (SSSR count). The first kappa shape index (κ1) is 12.0. The number of hydrogen-bond acceptors (Lipinski definition) is 3. The molecule has 2 heterocycles. The number of fused-ring (bicyclic) bond motifs is 2. The van der Waals surface area contributed by atoms with Gasteiger partial charge in [-0.2, -0.15) is 0 Å². The Balaban J connectivity index is 2.01. The van der Waals surface area contributed by atoms with Crippen molar-refractivity contribution in [3.05, 3.63) is 58.9 Å². The zero-order valence-corrected chi connectivity index (χ0v) is 11.2. The van der Waals surface area contributed by atoms with Gasteiger partial charge in [-0.3, -0.25) is 9.69 Å². The summed E-state index contributed by atoms with van der Waals surface area (Å²) in [7, 11) is 0. The maximum Gasteiger partial charge on any atom is 0.341 e. The molecule has 0 bridgehead atoms. The molecule has 1 atom stereocenters. The highest BCUT2D eigenvalue weighted by Gasteiger charge is 2.49. The second-order valence-corrected chi connectivity index (χ2v) is 5.17. The van der Waals surface area contributed by atoms with Gasteiger partial charge in [0.15, 0.2) is 5.75 Å². The standard InChI is InChI=1S/C16H11NO4/c1-8-4-2-6-10-13(8)17-14-9(5-3-7-11(14)21-10)12(15(17)18)16(19)20/h2-7,14H,1H3,(H,19,20). The van der Waals surface area contributed by atoms with Crippen LogP contribution in [0.25, 0.3) is 0 Å². The molecule has 5 nitrogen and oxygen atoms in total. The Morgan fingerprint density at radius 1 is 1.38 bits per heavy atom. The Morgan fingerprint density at radius 3 is 2.95 bits per heavy atom. The monoisotopic (exact) mass is 281 g/mol. The molecule has 104 valence electrons. The fourth-order valence-corrected chi connectivity index (χ4v) is 3.12. The van der Waals surface area contributed by atoms with Crippen LogP contribution in [0.1, 0.15) is 5.56 Å². The summed E-state index contributed by atoms with van der Waals surface area (Å²) < 4.78 is 5.86. The first-order valence-electron chi connectivity index (χ1n) is 6.56. The molecule has 1 aliphatic carbocycles. The predicted octanol–water partition coefficient (Wildman–Crippen LogP) is 1.94. The van der Waals surface area contributed by atoms with Crippen LogP contribution >= 0.6 is 0 Å². The van der Waals surface area contributed by atoms with Gasteiger partial charge in [0.05, 0.1) is 5.69 Å². The number of carboxylic acids is 1. The van der Waals surface area contributed by atoms with Gasteiger partial charge in [0.2, 0.25) is 0 Å². The molecule has 0 radical (unpaired) electrons. The number of carboxylic acid groups (broad SMARTS) is 1. The summed E-state index contributed by atoms with van der Waals surface area (Å²) in [5.74, 6) is -0.536. The van der Waals surface area contributed by atoms with Crippen LogP contribution in [-0.2, 0) is 9.59 Å². The Bertz CT molecular complexity index is 800. The van der Waals surface area contributed by atoms with E-state index in [1.54, 1.807) is 24.3 Å². The van der Waals surface area contributed by atoms with E-state index in [9.17, 15) is 14.7 Å². The van der Waals surface area contributed by atoms with Gasteiger partial charge in [0.1, 0.15) is 17.4 Å². The maximum atomic E-state index is 12.6. The minimum atomic E-state index is -1.20. The summed E-state index contributed by atoms with van der Waals surface area (Å²) in [4.78, 5) is 25.6. The van der Waals surface area contributed by atoms with Gasteiger partial charge in [0, 0.05) is 5.57 Å². The lowest BCUT2D eigenvalue weighted by molar-refractivity contribution is -0.134. The minimum Gasteiger partial charge on any atom is -0.477 e. The Morgan fingerprint density at radius 2 is 2.19 bits per heavy atom. The number of amides is 1. The number of ether oxygens (including phenoxy) is 1. The lowest BCUT2D eigenvalue weighted by atomic mass is 9.96. The number of allylic oxidation sites excluding steroid dienone is 2.